The van der Waals surface area contributed by atoms with Gasteiger partial charge in [-0.2, -0.15) is 0 Å². The van der Waals surface area contributed by atoms with Crippen molar-refractivity contribution in [1.29, 1.82) is 0 Å². The molecule has 4 rings (SSSR count). The lowest BCUT2D eigenvalue weighted by Crippen LogP contribution is -2.34. The third-order valence-corrected chi connectivity index (χ3v) is 5.11. The molecule has 3 aromatic rings. The Morgan fingerprint density at radius 3 is 2.60 bits per heavy atom. The van der Waals surface area contributed by atoms with Gasteiger partial charge in [0.2, 0.25) is 5.95 Å². The molecule has 0 spiro atoms. The molecule has 0 radical (unpaired) electrons. The van der Waals surface area contributed by atoms with Crippen molar-refractivity contribution in [3.8, 4) is 11.3 Å². The first kappa shape index (κ1) is 15.8. The second-order valence-electron chi connectivity index (χ2n) is 6.94. The van der Waals surface area contributed by atoms with Crippen molar-refractivity contribution in [3.63, 3.8) is 0 Å². The molecule has 25 heavy (non-hydrogen) atoms. The molecule has 1 aliphatic rings. The summed E-state index contributed by atoms with van der Waals surface area (Å²) >= 11 is 0. The SMILES string of the molecule is C=Cc1ccc2cc(-c3ccnc(N4CCC(C)CC4)n3)ccc2c1. The third-order valence-electron chi connectivity index (χ3n) is 5.11. The number of hydrogen-bond acceptors (Lipinski definition) is 3. The largest absolute Gasteiger partial charge is 0.341 e. The molecule has 0 N–H and O–H groups in total. The lowest BCUT2D eigenvalue weighted by atomic mass is 9.99. The van der Waals surface area contributed by atoms with Gasteiger partial charge in [0.1, 0.15) is 0 Å². The molecule has 1 aromatic heterocycles. The molecule has 0 atom stereocenters. The quantitative estimate of drug-likeness (QED) is 0.663. The van der Waals surface area contributed by atoms with Crippen LogP contribution in [0.25, 0.3) is 28.1 Å². The molecule has 3 heteroatoms. The summed E-state index contributed by atoms with van der Waals surface area (Å²) in [5.74, 6) is 1.66. The Morgan fingerprint density at radius 2 is 1.80 bits per heavy atom. The zero-order valence-corrected chi connectivity index (χ0v) is 14.7. The first-order valence-electron chi connectivity index (χ1n) is 8.97. The van der Waals surface area contributed by atoms with Crippen LogP contribution in [-0.2, 0) is 0 Å². The van der Waals surface area contributed by atoms with Crippen molar-refractivity contribution in [2.45, 2.75) is 19.8 Å². The number of aromatic nitrogens is 2. The van der Waals surface area contributed by atoms with Crippen molar-refractivity contribution < 1.29 is 0 Å². The van der Waals surface area contributed by atoms with Gasteiger partial charge in [0.25, 0.3) is 0 Å². The minimum Gasteiger partial charge on any atom is -0.341 e. The summed E-state index contributed by atoms with van der Waals surface area (Å²) in [6.45, 7) is 8.26. The summed E-state index contributed by atoms with van der Waals surface area (Å²) < 4.78 is 0. The van der Waals surface area contributed by atoms with Crippen molar-refractivity contribution in [3.05, 3.63) is 60.8 Å². The van der Waals surface area contributed by atoms with Gasteiger partial charge in [-0.3, -0.25) is 0 Å². The first-order valence-corrected chi connectivity index (χ1v) is 8.97. The molecule has 0 amide bonds. The van der Waals surface area contributed by atoms with E-state index in [-0.39, 0.29) is 0 Å². The number of benzene rings is 2. The number of hydrogen-bond donors (Lipinski definition) is 0. The maximum Gasteiger partial charge on any atom is 0.225 e. The summed E-state index contributed by atoms with van der Waals surface area (Å²) in [5.41, 5.74) is 3.26. The van der Waals surface area contributed by atoms with E-state index in [0.29, 0.717) is 0 Å². The highest BCUT2D eigenvalue weighted by Crippen LogP contribution is 2.26. The van der Waals surface area contributed by atoms with E-state index in [0.717, 1.165) is 41.8 Å². The predicted molar refractivity (Wildman–Crippen MR) is 106 cm³/mol. The normalized spacial score (nSPS) is 15.5. The predicted octanol–water partition coefficient (Wildman–Crippen LogP) is 5.18. The van der Waals surface area contributed by atoms with Crippen LogP contribution in [-0.4, -0.2) is 23.1 Å². The monoisotopic (exact) mass is 329 g/mol. The van der Waals surface area contributed by atoms with Crippen LogP contribution in [0, 0.1) is 5.92 Å². The lowest BCUT2D eigenvalue weighted by Gasteiger charge is -2.30. The molecule has 0 aliphatic carbocycles. The molecule has 0 saturated carbocycles. The second kappa shape index (κ2) is 6.67. The van der Waals surface area contributed by atoms with Gasteiger partial charge in [-0.25, -0.2) is 9.97 Å². The highest BCUT2D eigenvalue weighted by Gasteiger charge is 2.18. The molecule has 1 aliphatic heterocycles. The van der Waals surface area contributed by atoms with Crippen molar-refractivity contribution >= 4 is 22.8 Å². The van der Waals surface area contributed by atoms with E-state index < -0.39 is 0 Å². The van der Waals surface area contributed by atoms with Crippen molar-refractivity contribution in [2.75, 3.05) is 18.0 Å². The molecular formula is C22H23N3. The zero-order valence-electron chi connectivity index (χ0n) is 14.7. The molecule has 2 aromatic carbocycles. The van der Waals surface area contributed by atoms with E-state index in [1.165, 1.54) is 23.6 Å². The fraction of sp³-hybridized carbons (Fsp3) is 0.273. The molecule has 126 valence electrons. The van der Waals surface area contributed by atoms with Gasteiger partial charge >= 0.3 is 0 Å². The van der Waals surface area contributed by atoms with E-state index in [2.05, 4.69) is 59.8 Å². The summed E-state index contributed by atoms with van der Waals surface area (Å²) in [6, 6.07) is 14.9. The average Bonchev–Trinajstić information content (AvgIpc) is 2.68. The second-order valence-corrected chi connectivity index (χ2v) is 6.94. The molecule has 0 bridgehead atoms. The Hall–Kier alpha value is -2.68. The number of piperidine rings is 1. The van der Waals surface area contributed by atoms with Gasteiger partial charge in [0.15, 0.2) is 0 Å². The maximum absolute atomic E-state index is 4.83. The summed E-state index contributed by atoms with van der Waals surface area (Å²) in [5, 5.41) is 2.44. The van der Waals surface area contributed by atoms with Crippen LogP contribution in [0.15, 0.2) is 55.2 Å². The number of fused-ring (bicyclic) bond motifs is 1. The third kappa shape index (κ3) is 3.27. The minimum absolute atomic E-state index is 0.806. The van der Waals surface area contributed by atoms with Crippen molar-refractivity contribution in [1.82, 2.24) is 9.97 Å². The lowest BCUT2D eigenvalue weighted by molar-refractivity contribution is 0.434. The van der Waals surface area contributed by atoms with E-state index >= 15 is 0 Å². The Kier molecular flexibility index (Phi) is 4.22. The summed E-state index contributed by atoms with van der Waals surface area (Å²) in [6.07, 6.45) is 6.19. The number of rotatable bonds is 3. The molecular weight excluding hydrogens is 306 g/mol. The Balaban J connectivity index is 1.66. The average molecular weight is 329 g/mol. The fourth-order valence-electron chi connectivity index (χ4n) is 3.42. The van der Waals surface area contributed by atoms with Crippen LogP contribution in [0.3, 0.4) is 0 Å². The molecule has 1 fully saturated rings. The Labute approximate surface area is 149 Å². The maximum atomic E-state index is 4.83. The van der Waals surface area contributed by atoms with Crippen LogP contribution >= 0.6 is 0 Å². The van der Waals surface area contributed by atoms with E-state index in [1.807, 2.05) is 18.3 Å². The Morgan fingerprint density at radius 1 is 1.04 bits per heavy atom. The van der Waals surface area contributed by atoms with Gasteiger partial charge in [-0.15, -0.1) is 0 Å². The number of nitrogens with zero attached hydrogens (tertiary/aromatic N) is 3. The van der Waals surface area contributed by atoms with Gasteiger partial charge in [-0.05, 0) is 53.3 Å². The molecule has 0 unspecified atom stereocenters. The summed E-state index contributed by atoms with van der Waals surface area (Å²) in [4.78, 5) is 11.6. The van der Waals surface area contributed by atoms with Gasteiger partial charge in [0, 0.05) is 24.8 Å². The zero-order chi connectivity index (χ0) is 17.2. The van der Waals surface area contributed by atoms with Crippen LogP contribution in [0.1, 0.15) is 25.3 Å². The first-order chi connectivity index (χ1) is 12.2. The van der Waals surface area contributed by atoms with E-state index in [4.69, 9.17) is 4.98 Å². The van der Waals surface area contributed by atoms with E-state index in [9.17, 15) is 0 Å². The van der Waals surface area contributed by atoms with E-state index in [1.54, 1.807) is 0 Å². The van der Waals surface area contributed by atoms with Gasteiger partial charge < -0.3 is 4.90 Å². The highest BCUT2D eigenvalue weighted by atomic mass is 15.2. The molecule has 2 heterocycles. The highest BCUT2D eigenvalue weighted by molar-refractivity contribution is 5.88. The van der Waals surface area contributed by atoms with Crippen molar-refractivity contribution in [2.24, 2.45) is 5.92 Å². The molecule has 1 saturated heterocycles. The van der Waals surface area contributed by atoms with Crippen LogP contribution in [0.5, 0.6) is 0 Å². The Bertz CT molecular complexity index is 908. The van der Waals surface area contributed by atoms with Crippen LogP contribution in [0.2, 0.25) is 0 Å². The standard InChI is InChI=1S/C22H23N3/c1-3-17-4-5-19-15-20(7-6-18(19)14-17)21-8-11-23-22(24-21)25-12-9-16(2)10-13-25/h3-8,11,14-16H,1,9-10,12-13H2,2H3. The molecule has 3 nitrogen and oxygen atoms in total. The smallest absolute Gasteiger partial charge is 0.225 e. The topological polar surface area (TPSA) is 29.0 Å². The van der Waals surface area contributed by atoms with Crippen LogP contribution in [0.4, 0.5) is 5.95 Å². The number of anilines is 1. The van der Waals surface area contributed by atoms with Crippen LogP contribution < -0.4 is 4.90 Å². The fourth-order valence-corrected chi connectivity index (χ4v) is 3.42. The van der Waals surface area contributed by atoms with Gasteiger partial charge in [-0.1, -0.05) is 43.8 Å². The van der Waals surface area contributed by atoms with Gasteiger partial charge in [0.05, 0.1) is 5.69 Å². The summed E-state index contributed by atoms with van der Waals surface area (Å²) in [7, 11) is 0. The minimum atomic E-state index is 0.806.